The first-order chi connectivity index (χ1) is 12.1. The number of benzene rings is 2. The minimum atomic E-state index is -0.179. The number of fused-ring (bicyclic) bond motifs is 1. The number of aryl methyl sites for hydroxylation is 1. The van der Waals surface area contributed by atoms with Crippen molar-refractivity contribution in [1.29, 1.82) is 0 Å². The van der Waals surface area contributed by atoms with Crippen LogP contribution in [0.15, 0.2) is 48.5 Å². The van der Waals surface area contributed by atoms with Crippen LogP contribution in [0.1, 0.15) is 43.7 Å². The minimum Gasteiger partial charge on any atom is -0.325 e. The average Bonchev–Trinajstić information content (AvgIpc) is 2.62. The smallest absolute Gasteiger partial charge is 0.231 e. The molecule has 4 heteroatoms. The Bertz CT molecular complexity index is 771. The van der Waals surface area contributed by atoms with Crippen LogP contribution in [0.25, 0.3) is 0 Å². The first-order valence-electron chi connectivity index (χ1n) is 8.87. The van der Waals surface area contributed by atoms with Crippen LogP contribution in [-0.2, 0) is 16.0 Å². The molecule has 0 aliphatic carbocycles. The molecule has 0 aromatic heterocycles. The molecule has 130 valence electrons. The molecule has 1 atom stereocenters. The molecular weight excluding hydrogens is 312 g/mol. The number of anilines is 2. The average molecular weight is 336 g/mol. The van der Waals surface area contributed by atoms with Crippen molar-refractivity contribution >= 4 is 23.2 Å². The predicted molar refractivity (Wildman–Crippen MR) is 101 cm³/mol. The van der Waals surface area contributed by atoms with E-state index in [1.165, 1.54) is 0 Å². The van der Waals surface area contributed by atoms with Crippen molar-refractivity contribution in [2.24, 2.45) is 0 Å². The van der Waals surface area contributed by atoms with Gasteiger partial charge in [0.25, 0.3) is 0 Å². The number of nitrogens with one attached hydrogen (secondary N) is 1. The summed E-state index contributed by atoms with van der Waals surface area (Å²) in [5.74, 6) is -0.153. The molecule has 0 fully saturated rings. The second-order valence-corrected chi connectivity index (χ2v) is 6.48. The van der Waals surface area contributed by atoms with Gasteiger partial charge in [-0.25, -0.2) is 0 Å². The summed E-state index contributed by atoms with van der Waals surface area (Å²) >= 11 is 0. The van der Waals surface area contributed by atoms with Crippen molar-refractivity contribution in [3.05, 3.63) is 59.7 Å². The molecule has 0 spiro atoms. The first kappa shape index (κ1) is 17.2. The van der Waals surface area contributed by atoms with Crippen LogP contribution < -0.4 is 10.2 Å². The van der Waals surface area contributed by atoms with Gasteiger partial charge in [-0.05, 0) is 42.5 Å². The molecule has 0 radical (unpaired) electrons. The molecule has 2 aromatic rings. The van der Waals surface area contributed by atoms with Gasteiger partial charge in [0.1, 0.15) is 0 Å². The molecule has 0 bridgehead atoms. The number of rotatable bonds is 4. The summed E-state index contributed by atoms with van der Waals surface area (Å²) in [5.41, 5.74) is 3.84. The van der Waals surface area contributed by atoms with Gasteiger partial charge in [-0.2, -0.15) is 0 Å². The highest BCUT2D eigenvalue weighted by molar-refractivity contribution is 5.98. The third-order valence-electron chi connectivity index (χ3n) is 4.78. The molecule has 1 N–H and O–H groups in total. The molecule has 1 aliphatic rings. The lowest BCUT2D eigenvalue weighted by Gasteiger charge is -2.29. The quantitative estimate of drug-likeness (QED) is 0.913. The standard InChI is InChI=1S/C21H24N2O2/c1-3-19(16-8-5-4-6-9-16)21(25)22-18-12-11-17-10-7-13-23(15(2)24)20(17)14-18/h4-6,8-9,11-12,14,19H,3,7,10,13H2,1-2H3,(H,22,25). The fourth-order valence-corrected chi connectivity index (χ4v) is 3.47. The van der Waals surface area contributed by atoms with E-state index in [0.717, 1.165) is 48.3 Å². The fraction of sp³-hybridized carbons (Fsp3) is 0.333. The second kappa shape index (κ2) is 7.51. The van der Waals surface area contributed by atoms with E-state index in [0.29, 0.717) is 0 Å². The van der Waals surface area contributed by atoms with E-state index in [-0.39, 0.29) is 17.7 Å². The van der Waals surface area contributed by atoms with Gasteiger partial charge in [0, 0.05) is 24.8 Å². The van der Waals surface area contributed by atoms with Crippen molar-refractivity contribution in [3.8, 4) is 0 Å². The molecular formula is C21H24N2O2. The van der Waals surface area contributed by atoms with Crippen molar-refractivity contribution in [2.75, 3.05) is 16.8 Å². The van der Waals surface area contributed by atoms with E-state index in [2.05, 4.69) is 5.32 Å². The molecule has 25 heavy (non-hydrogen) atoms. The predicted octanol–water partition coefficient (Wildman–Crippen LogP) is 4.12. The molecule has 1 heterocycles. The Kier molecular flexibility index (Phi) is 5.17. The number of carbonyl (C=O) groups is 2. The maximum Gasteiger partial charge on any atom is 0.231 e. The number of nitrogens with zero attached hydrogens (tertiary/aromatic N) is 1. The Morgan fingerprint density at radius 2 is 1.92 bits per heavy atom. The molecule has 2 aromatic carbocycles. The van der Waals surface area contributed by atoms with Gasteiger partial charge in [0.2, 0.25) is 11.8 Å². The zero-order valence-electron chi connectivity index (χ0n) is 14.8. The van der Waals surface area contributed by atoms with Crippen LogP contribution in [0.5, 0.6) is 0 Å². The van der Waals surface area contributed by atoms with E-state index in [9.17, 15) is 9.59 Å². The van der Waals surface area contributed by atoms with E-state index in [1.807, 2.05) is 55.5 Å². The highest BCUT2D eigenvalue weighted by Crippen LogP contribution is 2.31. The summed E-state index contributed by atoms with van der Waals surface area (Å²) in [6, 6.07) is 15.7. The van der Waals surface area contributed by atoms with Gasteiger partial charge in [-0.3, -0.25) is 9.59 Å². The largest absolute Gasteiger partial charge is 0.325 e. The number of amides is 2. The van der Waals surface area contributed by atoms with Crippen LogP contribution in [0.4, 0.5) is 11.4 Å². The van der Waals surface area contributed by atoms with Crippen molar-refractivity contribution in [3.63, 3.8) is 0 Å². The number of hydrogen-bond acceptors (Lipinski definition) is 2. The summed E-state index contributed by atoms with van der Waals surface area (Å²) in [5, 5.41) is 3.02. The molecule has 4 nitrogen and oxygen atoms in total. The second-order valence-electron chi connectivity index (χ2n) is 6.48. The zero-order valence-corrected chi connectivity index (χ0v) is 14.8. The molecule has 1 aliphatic heterocycles. The van der Waals surface area contributed by atoms with E-state index in [1.54, 1.807) is 11.8 Å². The lowest BCUT2D eigenvalue weighted by Crippen LogP contribution is -2.33. The summed E-state index contributed by atoms with van der Waals surface area (Å²) in [6.07, 6.45) is 2.68. The monoisotopic (exact) mass is 336 g/mol. The van der Waals surface area contributed by atoms with Crippen LogP contribution in [0.2, 0.25) is 0 Å². The third kappa shape index (κ3) is 3.73. The fourth-order valence-electron chi connectivity index (χ4n) is 3.47. The first-order valence-corrected chi connectivity index (χ1v) is 8.87. The van der Waals surface area contributed by atoms with Crippen LogP contribution >= 0.6 is 0 Å². The van der Waals surface area contributed by atoms with Gasteiger partial charge in [-0.1, -0.05) is 43.3 Å². The topological polar surface area (TPSA) is 49.4 Å². The lowest BCUT2D eigenvalue weighted by atomic mass is 9.95. The van der Waals surface area contributed by atoms with Crippen LogP contribution in [-0.4, -0.2) is 18.4 Å². The van der Waals surface area contributed by atoms with Gasteiger partial charge >= 0.3 is 0 Å². The van der Waals surface area contributed by atoms with Crippen molar-refractivity contribution in [2.45, 2.75) is 39.0 Å². The van der Waals surface area contributed by atoms with Crippen molar-refractivity contribution in [1.82, 2.24) is 0 Å². The van der Waals surface area contributed by atoms with Crippen LogP contribution in [0, 0.1) is 0 Å². The molecule has 2 amide bonds. The van der Waals surface area contributed by atoms with E-state index < -0.39 is 0 Å². The summed E-state index contributed by atoms with van der Waals surface area (Å²) < 4.78 is 0. The maximum absolute atomic E-state index is 12.7. The lowest BCUT2D eigenvalue weighted by molar-refractivity contribution is -0.118. The normalized spacial score (nSPS) is 14.6. The molecule has 0 saturated carbocycles. The molecule has 3 rings (SSSR count). The minimum absolute atomic E-state index is 0.0150. The summed E-state index contributed by atoms with van der Waals surface area (Å²) in [6.45, 7) is 4.34. The maximum atomic E-state index is 12.7. The highest BCUT2D eigenvalue weighted by atomic mass is 16.2. The molecule has 1 unspecified atom stereocenters. The van der Waals surface area contributed by atoms with Gasteiger partial charge < -0.3 is 10.2 Å². The summed E-state index contributed by atoms with van der Waals surface area (Å²) in [7, 11) is 0. The Morgan fingerprint density at radius 3 is 2.60 bits per heavy atom. The van der Waals surface area contributed by atoms with Crippen molar-refractivity contribution < 1.29 is 9.59 Å². The SMILES string of the molecule is CCC(C(=O)Nc1ccc2c(c1)N(C(C)=O)CCC2)c1ccccc1. The van der Waals surface area contributed by atoms with Gasteiger partial charge in [-0.15, -0.1) is 0 Å². The Labute approximate surface area is 148 Å². The zero-order chi connectivity index (χ0) is 17.8. The highest BCUT2D eigenvalue weighted by Gasteiger charge is 2.22. The summed E-state index contributed by atoms with van der Waals surface area (Å²) in [4.78, 5) is 26.4. The third-order valence-corrected chi connectivity index (χ3v) is 4.78. The number of hydrogen-bond donors (Lipinski definition) is 1. The van der Waals surface area contributed by atoms with Gasteiger partial charge in [0.15, 0.2) is 0 Å². The Hall–Kier alpha value is -2.62. The Morgan fingerprint density at radius 1 is 1.16 bits per heavy atom. The van der Waals surface area contributed by atoms with Gasteiger partial charge in [0.05, 0.1) is 5.92 Å². The molecule has 0 saturated heterocycles. The Balaban J connectivity index is 1.82. The van der Waals surface area contributed by atoms with E-state index >= 15 is 0 Å². The van der Waals surface area contributed by atoms with E-state index in [4.69, 9.17) is 0 Å². The van der Waals surface area contributed by atoms with Crippen LogP contribution in [0.3, 0.4) is 0 Å². The number of carbonyl (C=O) groups excluding carboxylic acids is 2.